The van der Waals surface area contributed by atoms with Gasteiger partial charge in [0.2, 0.25) is 5.91 Å². The van der Waals surface area contributed by atoms with Crippen molar-refractivity contribution in [2.75, 3.05) is 24.3 Å². The maximum Gasteiger partial charge on any atom is 0.234 e. The van der Waals surface area contributed by atoms with Crippen LogP contribution in [0.25, 0.3) is 0 Å². The predicted octanol–water partition coefficient (Wildman–Crippen LogP) is 5.57. The van der Waals surface area contributed by atoms with Gasteiger partial charge in [0.1, 0.15) is 17.3 Å². The average molecular weight is 501 g/mol. The first kappa shape index (κ1) is 25.6. The highest BCUT2D eigenvalue weighted by Gasteiger charge is 2.14. The summed E-state index contributed by atoms with van der Waals surface area (Å²) in [7, 11) is 0. The Hall–Kier alpha value is -2.97. The molecule has 3 rings (SSSR count). The van der Waals surface area contributed by atoms with Crippen LogP contribution in [0.1, 0.15) is 24.7 Å². The Labute approximate surface area is 209 Å². The molecule has 0 radical (unpaired) electrons. The molecular weight excluding hydrogens is 472 g/mol. The number of hydrogen-bond acceptors (Lipinski definition) is 6. The Morgan fingerprint density at radius 1 is 1.21 bits per heavy atom. The average Bonchev–Trinajstić information content (AvgIpc) is 3.19. The highest BCUT2D eigenvalue weighted by molar-refractivity contribution is 7.99. The molecule has 0 spiro atoms. The molecule has 34 heavy (non-hydrogen) atoms. The van der Waals surface area contributed by atoms with E-state index in [2.05, 4.69) is 22.1 Å². The normalized spacial score (nSPS) is 10.7. The third kappa shape index (κ3) is 7.53. The molecule has 0 aliphatic carbocycles. The van der Waals surface area contributed by atoms with Gasteiger partial charge in [-0.2, -0.15) is 0 Å². The molecule has 0 saturated heterocycles. The molecule has 9 heteroatoms. The maximum absolute atomic E-state index is 12.4. The Kier molecular flexibility index (Phi) is 9.85. The van der Waals surface area contributed by atoms with Crippen LogP contribution in [-0.4, -0.2) is 39.6 Å². The van der Waals surface area contributed by atoms with Gasteiger partial charge in [0, 0.05) is 23.7 Å². The number of thioether (sulfide) groups is 1. The molecule has 0 aliphatic heterocycles. The van der Waals surface area contributed by atoms with Gasteiger partial charge in [-0.25, -0.2) is 0 Å². The molecule has 2 aromatic carbocycles. The Morgan fingerprint density at radius 3 is 2.71 bits per heavy atom. The van der Waals surface area contributed by atoms with Crippen LogP contribution >= 0.6 is 23.4 Å². The van der Waals surface area contributed by atoms with Crippen LogP contribution in [0.3, 0.4) is 0 Å². The smallest absolute Gasteiger partial charge is 0.234 e. The second kappa shape index (κ2) is 13.1. The Morgan fingerprint density at radius 2 is 2.00 bits per heavy atom. The van der Waals surface area contributed by atoms with E-state index in [1.807, 2.05) is 60.9 Å². The van der Waals surface area contributed by atoms with Gasteiger partial charge in [-0.1, -0.05) is 29.4 Å². The third-order valence-corrected chi connectivity index (χ3v) is 6.03. The number of carbonyl (C=O) groups is 1. The van der Waals surface area contributed by atoms with Gasteiger partial charge >= 0.3 is 0 Å². The third-order valence-electron chi connectivity index (χ3n) is 4.83. The topological polar surface area (TPSA) is 78.3 Å². The Bertz CT molecular complexity index is 1100. The minimum Gasteiger partial charge on any atom is -0.494 e. The number of carbonyl (C=O) groups excluding carboxylic acids is 1. The zero-order chi connectivity index (χ0) is 24.3. The fraction of sp³-hybridized carbons (Fsp3) is 0.320. The van der Waals surface area contributed by atoms with Crippen LogP contribution in [0.2, 0.25) is 5.02 Å². The lowest BCUT2D eigenvalue weighted by atomic mass is 10.2. The van der Waals surface area contributed by atoms with Gasteiger partial charge in [0.25, 0.3) is 0 Å². The van der Waals surface area contributed by atoms with Gasteiger partial charge in [-0.05, 0) is 68.3 Å². The number of rotatable bonds is 13. The summed E-state index contributed by atoms with van der Waals surface area (Å²) in [5.41, 5.74) is 1.72. The van der Waals surface area contributed by atoms with Crippen molar-refractivity contribution in [2.24, 2.45) is 0 Å². The molecule has 180 valence electrons. The fourth-order valence-corrected chi connectivity index (χ4v) is 4.23. The van der Waals surface area contributed by atoms with Crippen molar-refractivity contribution in [2.45, 2.75) is 38.4 Å². The lowest BCUT2D eigenvalue weighted by molar-refractivity contribution is -0.113. The number of amides is 1. The van der Waals surface area contributed by atoms with Crippen molar-refractivity contribution in [1.29, 1.82) is 0 Å². The first-order valence-corrected chi connectivity index (χ1v) is 12.4. The van der Waals surface area contributed by atoms with E-state index in [0.717, 1.165) is 35.0 Å². The number of aryl methyl sites for hydroxylation is 2. The zero-order valence-corrected chi connectivity index (χ0v) is 21.0. The number of benzene rings is 2. The summed E-state index contributed by atoms with van der Waals surface area (Å²) in [5.74, 6) is 2.54. The van der Waals surface area contributed by atoms with Crippen LogP contribution in [0, 0.1) is 6.92 Å². The number of ether oxygens (including phenoxy) is 2. The minimum atomic E-state index is -0.115. The fourth-order valence-electron chi connectivity index (χ4n) is 3.24. The number of hydrogen-bond donors (Lipinski definition) is 1. The number of allylic oxidation sites excluding steroid dienone is 1. The summed E-state index contributed by atoms with van der Waals surface area (Å²) in [6, 6.07) is 12.9. The van der Waals surface area contributed by atoms with Gasteiger partial charge in [0.05, 0.1) is 19.0 Å². The summed E-state index contributed by atoms with van der Waals surface area (Å²) in [6.07, 6.45) is 3.27. The number of nitrogens with one attached hydrogen (secondary N) is 1. The quantitative estimate of drug-likeness (QED) is 0.188. The molecule has 1 N–H and O–H groups in total. The standard InChI is InChI=1S/C25H29ClN4O3S/c1-4-14-30-23(7-6-15-33-22-13-8-19(26)16-18(22)3)28-29-25(30)34-17-24(31)27-20-9-11-21(12-10-20)32-5-2/h4,8-13,16H,1,5-7,14-15,17H2,2-3H3,(H,27,31). The van der Waals surface area contributed by atoms with Crippen molar-refractivity contribution < 1.29 is 14.3 Å². The van der Waals surface area contributed by atoms with Crippen molar-refractivity contribution in [3.05, 3.63) is 71.5 Å². The number of aromatic nitrogens is 3. The van der Waals surface area contributed by atoms with Crippen molar-refractivity contribution in [3.63, 3.8) is 0 Å². The molecule has 7 nitrogen and oxygen atoms in total. The molecule has 1 aromatic heterocycles. The van der Waals surface area contributed by atoms with Crippen LogP contribution in [0.4, 0.5) is 5.69 Å². The van der Waals surface area contributed by atoms with E-state index in [4.69, 9.17) is 21.1 Å². The molecule has 0 fully saturated rings. The van der Waals surface area contributed by atoms with Gasteiger partial charge in [-0.15, -0.1) is 16.8 Å². The van der Waals surface area contributed by atoms with E-state index in [-0.39, 0.29) is 11.7 Å². The second-order valence-corrected chi connectivity index (χ2v) is 8.83. The highest BCUT2D eigenvalue weighted by Crippen LogP contribution is 2.23. The van der Waals surface area contributed by atoms with Crippen LogP contribution < -0.4 is 14.8 Å². The van der Waals surface area contributed by atoms with E-state index in [9.17, 15) is 4.79 Å². The summed E-state index contributed by atoms with van der Waals surface area (Å²) in [6.45, 7) is 9.46. The molecule has 0 atom stereocenters. The van der Waals surface area contributed by atoms with Crippen LogP contribution in [0.15, 0.2) is 60.3 Å². The monoisotopic (exact) mass is 500 g/mol. The minimum absolute atomic E-state index is 0.115. The first-order chi connectivity index (χ1) is 16.5. The van der Waals surface area contributed by atoms with Gasteiger partial charge < -0.3 is 19.4 Å². The van der Waals surface area contributed by atoms with Gasteiger partial charge in [0.15, 0.2) is 5.16 Å². The van der Waals surface area contributed by atoms with Crippen molar-refractivity contribution in [1.82, 2.24) is 14.8 Å². The SMILES string of the molecule is C=CCn1c(CCCOc2ccc(Cl)cc2C)nnc1SCC(=O)Nc1ccc(OCC)cc1. The molecular formula is C25H29ClN4O3S. The van der Waals surface area contributed by atoms with Crippen LogP contribution in [0.5, 0.6) is 11.5 Å². The summed E-state index contributed by atoms with van der Waals surface area (Å²) < 4.78 is 13.3. The van der Waals surface area contributed by atoms with E-state index < -0.39 is 0 Å². The lowest BCUT2D eigenvalue weighted by Gasteiger charge is -2.10. The molecule has 1 heterocycles. The number of halogens is 1. The molecule has 1 amide bonds. The first-order valence-electron chi connectivity index (χ1n) is 11.1. The molecule has 0 bridgehead atoms. The van der Waals surface area contributed by atoms with E-state index in [1.165, 1.54) is 11.8 Å². The van der Waals surface area contributed by atoms with E-state index in [1.54, 1.807) is 6.08 Å². The second-order valence-electron chi connectivity index (χ2n) is 7.45. The predicted molar refractivity (Wildman–Crippen MR) is 137 cm³/mol. The largest absolute Gasteiger partial charge is 0.494 e. The van der Waals surface area contributed by atoms with Crippen LogP contribution in [-0.2, 0) is 17.8 Å². The zero-order valence-electron chi connectivity index (χ0n) is 19.4. The van der Waals surface area contributed by atoms with E-state index in [0.29, 0.717) is 36.4 Å². The highest BCUT2D eigenvalue weighted by atomic mass is 35.5. The maximum atomic E-state index is 12.4. The molecule has 3 aromatic rings. The summed E-state index contributed by atoms with van der Waals surface area (Å²) in [4.78, 5) is 12.4. The lowest BCUT2D eigenvalue weighted by Crippen LogP contribution is -2.15. The van der Waals surface area contributed by atoms with Crippen molar-refractivity contribution in [3.8, 4) is 11.5 Å². The Balaban J connectivity index is 1.50. The van der Waals surface area contributed by atoms with E-state index >= 15 is 0 Å². The van der Waals surface area contributed by atoms with Gasteiger partial charge in [-0.3, -0.25) is 4.79 Å². The summed E-state index contributed by atoms with van der Waals surface area (Å²) >= 11 is 7.34. The molecule has 0 saturated carbocycles. The number of nitrogens with zero attached hydrogens (tertiary/aromatic N) is 3. The molecule has 0 unspecified atom stereocenters. The number of anilines is 1. The van der Waals surface area contributed by atoms with Crippen molar-refractivity contribution >= 4 is 35.0 Å². The molecule has 0 aliphatic rings. The summed E-state index contributed by atoms with van der Waals surface area (Å²) in [5, 5.41) is 12.9.